The third-order valence-corrected chi connectivity index (χ3v) is 4.65. The molecule has 0 radical (unpaired) electrons. The fourth-order valence-corrected chi connectivity index (χ4v) is 2.76. The van der Waals surface area contributed by atoms with Crippen molar-refractivity contribution in [3.63, 3.8) is 0 Å². The predicted octanol–water partition coefficient (Wildman–Crippen LogP) is 2.03. The molecule has 6 nitrogen and oxygen atoms in total. The van der Waals surface area contributed by atoms with Gasteiger partial charge < -0.3 is 10.6 Å². The molecule has 0 aliphatic rings. The molecule has 2 aromatic carbocycles. The predicted molar refractivity (Wildman–Crippen MR) is 93.2 cm³/mol. The minimum atomic E-state index is -3.68. The van der Waals surface area contributed by atoms with Crippen LogP contribution in [0.1, 0.15) is 11.1 Å². The molecule has 24 heavy (non-hydrogen) atoms. The summed E-state index contributed by atoms with van der Waals surface area (Å²) < 4.78 is 22.3. The molecule has 8 heteroatoms. The lowest BCUT2D eigenvalue weighted by atomic mass is 10.1. The first-order chi connectivity index (χ1) is 11.4. The summed E-state index contributed by atoms with van der Waals surface area (Å²) in [7, 11) is -3.68. The zero-order valence-corrected chi connectivity index (χ0v) is 14.4. The molecule has 128 valence electrons. The van der Waals surface area contributed by atoms with Gasteiger partial charge in [0.05, 0.1) is 4.90 Å². The number of nitrogens with one attached hydrogen (secondary N) is 2. The summed E-state index contributed by atoms with van der Waals surface area (Å²) in [6, 6.07) is 13.2. The summed E-state index contributed by atoms with van der Waals surface area (Å²) in [5.74, 6) is 0. The average Bonchev–Trinajstić information content (AvgIpc) is 2.54. The second-order valence-electron chi connectivity index (χ2n) is 5.14. The average molecular weight is 368 g/mol. The number of hydrogen-bond donors (Lipinski definition) is 3. The van der Waals surface area contributed by atoms with E-state index in [0.717, 1.165) is 11.1 Å². The van der Waals surface area contributed by atoms with Gasteiger partial charge in [0.1, 0.15) is 0 Å². The lowest BCUT2D eigenvalue weighted by Crippen LogP contribution is -2.36. The van der Waals surface area contributed by atoms with Crippen molar-refractivity contribution >= 4 is 27.7 Å². The molecule has 4 N–H and O–H groups in total. The molecule has 0 fully saturated rings. The minimum absolute atomic E-state index is 0.0664. The molecule has 0 unspecified atom stereocenters. The van der Waals surface area contributed by atoms with E-state index in [9.17, 15) is 13.2 Å². The topological polar surface area (TPSA) is 101 Å². The Morgan fingerprint density at radius 3 is 2.33 bits per heavy atom. The van der Waals surface area contributed by atoms with Gasteiger partial charge >= 0.3 is 6.03 Å². The van der Waals surface area contributed by atoms with Crippen LogP contribution in [0.5, 0.6) is 0 Å². The Labute approximate surface area is 146 Å². The molecule has 0 heterocycles. The van der Waals surface area contributed by atoms with Crippen LogP contribution in [-0.4, -0.2) is 21.0 Å². The Bertz CT molecular complexity index is 808. The number of sulfonamides is 1. The highest BCUT2D eigenvalue weighted by Gasteiger charge is 2.07. The third-order valence-electron chi connectivity index (χ3n) is 3.35. The lowest BCUT2D eigenvalue weighted by Gasteiger charge is -2.09. The van der Waals surface area contributed by atoms with Gasteiger partial charge in [-0.1, -0.05) is 41.9 Å². The highest BCUT2D eigenvalue weighted by atomic mass is 35.5. The van der Waals surface area contributed by atoms with E-state index in [1.54, 1.807) is 18.2 Å². The van der Waals surface area contributed by atoms with E-state index in [-0.39, 0.29) is 10.9 Å². The third kappa shape index (κ3) is 5.52. The first-order valence-corrected chi connectivity index (χ1v) is 9.15. The number of halogens is 1. The summed E-state index contributed by atoms with van der Waals surface area (Å²) >= 11 is 6.01. The molecule has 0 saturated heterocycles. The number of primary sulfonamides is 1. The summed E-state index contributed by atoms with van der Waals surface area (Å²) in [4.78, 5) is 11.8. The van der Waals surface area contributed by atoms with Gasteiger partial charge in [0, 0.05) is 18.1 Å². The Hall–Kier alpha value is -2.09. The molecular formula is C16H18ClN3O3S. The number of urea groups is 1. The smallest absolute Gasteiger partial charge is 0.315 e. The van der Waals surface area contributed by atoms with Gasteiger partial charge in [-0.05, 0) is 35.7 Å². The van der Waals surface area contributed by atoms with Crippen molar-refractivity contribution < 1.29 is 13.2 Å². The molecule has 2 rings (SSSR count). The Kier molecular flexibility index (Phi) is 6.19. The molecule has 0 aromatic heterocycles. The normalized spacial score (nSPS) is 11.1. The lowest BCUT2D eigenvalue weighted by molar-refractivity contribution is 0.240. The highest BCUT2D eigenvalue weighted by Crippen LogP contribution is 2.14. The number of amides is 2. The second kappa shape index (κ2) is 8.14. The van der Waals surface area contributed by atoms with Crippen LogP contribution in [0, 0.1) is 0 Å². The van der Waals surface area contributed by atoms with Crippen molar-refractivity contribution in [2.75, 3.05) is 6.54 Å². The van der Waals surface area contributed by atoms with Crippen LogP contribution >= 0.6 is 11.6 Å². The Morgan fingerprint density at radius 2 is 1.71 bits per heavy atom. The fourth-order valence-electron chi connectivity index (χ4n) is 2.05. The van der Waals surface area contributed by atoms with E-state index in [4.69, 9.17) is 16.7 Å². The maximum atomic E-state index is 11.7. The largest absolute Gasteiger partial charge is 0.338 e. The minimum Gasteiger partial charge on any atom is -0.338 e. The van der Waals surface area contributed by atoms with Crippen molar-refractivity contribution in [2.45, 2.75) is 17.9 Å². The Balaban J connectivity index is 1.75. The first-order valence-electron chi connectivity index (χ1n) is 7.23. The number of carbonyl (C=O) groups excluding carboxylic acids is 1. The number of hydrogen-bond acceptors (Lipinski definition) is 3. The van der Waals surface area contributed by atoms with E-state index in [0.29, 0.717) is 24.5 Å². The van der Waals surface area contributed by atoms with Crippen LogP contribution in [0.4, 0.5) is 4.79 Å². The molecule has 2 amide bonds. The van der Waals surface area contributed by atoms with E-state index >= 15 is 0 Å². The Morgan fingerprint density at radius 1 is 1.04 bits per heavy atom. The van der Waals surface area contributed by atoms with Crippen LogP contribution in [0.15, 0.2) is 53.4 Å². The maximum absolute atomic E-state index is 11.7. The van der Waals surface area contributed by atoms with Crippen molar-refractivity contribution in [2.24, 2.45) is 5.14 Å². The van der Waals surface area contributed by atoms with Crippen LogP contribution in [-0.2, 0) is 23.0 Å². The molecule has 0 aliphatic heterocycles. The van der Waals surface area contributed by atoms with Crippen LogP contribution in [0.3, 0.4) is 0 Å². The van der Waals surface area contributed by atoms with Gasteiger partial charge in [-0.25, -0.2) is 18.4 Å². The van der Waals surface area contributed by atoms with E-state index in [2.05, 4.69) is 10.6 Å². The number of benzene rings is 2. The monoisotopic (exact) mass is 367 g/mol. The number of nitrogens with two attached hydrogens (primary N) is 1. The fraction of sp³-hybridized carbons (Fsp3) is 0.188. The summed E-state index contributed by atoms with van der Waals surface area (Å²) in [6.07, 6.45) is 0.574. The van der Waals surface area contributed by atoms with Crippen molar-refractivity contribution in [3.8, 4) is 0 Å². The van der Waals surface area contributed by atoms with Crippen LogP contribution in [0.25, 0.3) is 0 Å². The SMILES string of the molecule is NS(=O)(=O)c1ccc(CCNC(=O)NCc2ccccc2Cl)cc1. The zero-order chi connectivity index (χ0) is 17.6. The van der Waals surface area contributed by atoms with Gasteiger partial charge in [0.15, 0.2) is 0 Å². The molecular weight excluding hydrogens is 350 g/mol. The van der Waals surface area contributed by atoms with E-state index < -0.39 is 10.0 Å². The van der Waals surface area contributed by atoms with Crippen LogP contribution in [0.2, 0.25) is 5.02 Å². The molecule has 0 spiro atoms. The molecule has 2 aromatic rings. The van der Waals surface area contributed by atoms with Crippen LogP contribution < -0.4 is 15.8 Å². The zero-order valence-electron chi connectivity index (χ0n) is 12.8. The van der Waals surface area contributed by atoms with Gasteiger partial charge in [-0.2, -0.15) is 0 Å². The standard InChI is InChI=1S/C16H18ClN3O3S/c17-15-4-2-1-3-13(15)11-20-16(21)19-10-9-12-5-7-14(8-6-12)24(18,22)23/h1-8H,9-11H2,(H2,18,22,23)(H2,19,20,21). The molecule has 0 atom stereocenters. The van der Waals surface area contributed by atoms with Crippen molar-refractivity contribution in [1.82, 2.24) is 10.6 Å². The molecule has 0 saturated carbocycles. The molecule has 0 aliphatic carbocycles. The number of carbonyl (C=O) groups is 1. The van der Waals surface area contributed by atoms with Gasteiger partial charge in [0.25, 0.3) is 0 Å². The van der Waals surface area contributed by atoms with Gasteiger partial charge in [-0.3, -0.25) is 0 Å². The molecule has 0 bridgehead atoms. The van der Waals surface area contributed by atoms with E-state index in [1.165, 1.54) is 12.1 Å². The first kappa shape index (κ1) is 18.3. The summed E-state index contributed by atoms with van der Waals surface area (Å²) in [6.45, 7) is 0.762. The summed E-state index contributed by atoms with van der Waals surface area (Å²) in [5, 5.41) is 11.1. The van der Waals surface area contributed by atoms with E-state index in [1.807, 2.05) is 18.2 Å². The van der Waals surface area contributed by atoms with Crippen molar-refractivity contribution in [1.29, 1.82) is 0 Å². The van der Waals surface area contributed by atoms with Crippen molar-refractivity contribution in [3.05, 3.63) is 64.7 Å². The number of rotatable bonds is 6. The quantitative estimate of drug-likeness (QED) is 0.728. The van der Waals surface area contributed by atoms with Gasteiger partial charge in [-0.15, -0.1) is 0 Å². The highest BCUT2D eigenvalue weighted by molar-refractivity contribution is 7.89. The maximum Gasteiger partial charge on any atom is 0.315 e. The summed E-state index contributed by atoms with van der Waals surface area (Å²) in [5.41, 5.74) is 1.74. The second-order valence-corrected chi connectivity index (χ2v) is 7.11. The van der Waals surface area contributed by atoms with Gasteiger partial charge in [0.2, 0.25) is 10.0 Å².